The molecule has 0 atom stereocenters. The molecule has 5 heteroatoms. The Morgan fingerprint density at radius 3 is 3.07 bits per heavy atom. The zero-order valence-corrected chi connectivity index (χ0v) is 11.0. The highest BCUT2D eigenvalue weighted by atomic mass is 127. The average molecular weight is 334 g/mol. The van der Waals surface area contributed by atoms with Crippen LogP contribution in [0, 0.1) is 17.8 Å². The molecular weight excluding hydrogens is 324 g/mol. The molecule has 0 unspecified atom stereocenters. The summed E-state index contributed by atoms with van der Waals surface area (Å²) in [5.41, 5.74) is 0.630. The number of halogens is 2. The summed E-state index contributed by atoms with van der Waals surface area (Å²) in [6, 6.07) is 0. The lowest BCUT2D eigenvalue weighted by Gasteiger charge is -2.11. The fourth-order valence-electron chi connectivity index (χ4n) is 1.12. The van der Waals surface area contributed by atoms with Crippen molar-refractivity contribution in [1.82, 2.24) is 4.90 Å². The summed E-state index contributed by atoms with van der Waals surface area (Å²) in [6.45, 7) is 2.14. The molecular formula is C10H9ClIN3. The van der Waals surface area contributed by atoms with E-state index in [1.54, 1.807) is 24.2 Å². The average Bonchev–Trinajstić information content (AvgIpc) is 2.43. The van der Waals surface area contributed by atoms with Crippen LogP contribution in [0.25, 0.3) is 0 Å². The number of aliphatic imine (C=N–C) groups is 1. The van der Waals surface area contributed by atoms with E-state index in [0.717, 1.165) is 3.58 Å². The second kappa shape index (κ2) is 5.33. The van der Waals surface area contributed by atoms with Gasteiger partial charge in [0.15, 0.2) is 0 Å². The molecule has 1 rings (SSSR count). The Morgan fingerprint density at radius 1 is 1.87 bits per heavy atom. The normalized spacial score (nSPS) is 19.5. The summed E-state index contributed by atoms with van der Waals surface area (Å²) in [5.74, 6) is 2.78. The molecule has 0 radical (unpaired) electrons. The van der Waals surface area contributed by atoms with E-state index in [1.807, 2.05) is 0 Å². The van der Waals surface area contributed by atoms with Crippen LogP contribution in [-0.2, 0) is 0 Å². The first-order chi connectivity index (χ1) is 7.11. The molecule has 1 aliphatic heterocycles. The van der Waals surface area contributed by atoms with Gasteiger partial charge in [0.05, 0.1) is 12.1 Å². The van der Waals surface area contributed by atoms with Gasteiger partial charge in [-0.25, -0.2) is 4.99 Å². The minimum atomic E-state index is 0.299. The van der Waals surface area contributed by atoms with Gasteiger partial charge in [0, 0.05) is 16.0 Å². The molecule has 0 aliphatic carbocycles. The highest BCUT2D eigenvalue weighted by Crippen LogP contribution is 2.32. The predicted molar refractivity (Wildman–Crippen MR) is 72.4 cm³/mol. The van der Waals surface area contributed by atoms with Gasteiger partial charge in [-0.3, -0.25) is 5.41 Å². The van der Waals surface area contributed by atoms with E-state index >= 15 is 0 Å². The van der Waals surface area contributed by atoms with Crippen LogP contribution >= 0.6 is 34.2 Å². The van der Waals surface area contributed by atoms with Crippen molar-refractivity contribution in [2.24, 2.45) is 4.99 Å². The van der Waals surface area contributed by atoms with Crippen LogP contribution in [0.2, 0.25) is 0 Å². The molecule has 0 aromatic heterocycles. The van der Waals surface area contributed by atoms with Crippen molar-refractivity contribution in [2.45, 2.75) is 6.92 Å². The minimum Gasteiger partial charge on any atom is -0.320 e. The van der Waals surface area contributed by atoms with E-state index in [1.165, 1.54) is 0 Å². The second-order valence-electron chi connectivity index (χ2n) is 2.71. The summed E-state index contributed by atoms with van der Waals surface area (Å²) in [6.07, 6.45) is 8.59. The first kappa shape index (κ1) is 12.3. The monoisotopic (exact) mass is 333 g/mol. The smallest absolute Gasteiger partial charge is 0.140 e. The van der Waals surface area contributed by atoms with Crippen molar-refractivity contribution < 1.29 is 0 Å². The van der Waals surface area contributed by atoms with Crippen molar-refractivity contribution in [3.63, 3.8) is 0 Å². The van der Waals surface area contributed by atoms with Crippen molar-refractivity contribution >= 4 is 46.2 Å². The summed E-state index contributed by atoms with van der Waals surface area (Å²) >= 11 is 8.07. The third-order valence-corrected chi connectivity index (χ3v) is 2.85. The van der Waals surface area contributed by atoms with Crippen LogP contribution in [0.3, 0.4) is 0 Å². The molecule has 78 valence electrons. The molecule has 0 fully saturated rings. The number of nitrogens with one attached hydrogen (secondary N) is 1. The fraction of sp³-hybridized carbons (Fsp3) is 0.200. The van der Waals surface area contributed by atoms with Crippen LogP contribution in [0.1, 0.15) is 6.92 Å². The van der Waals surface area contributed by atoms with Gasteiger partial charge in [-0.15, -0.1) is 6.42 Å². The number of hydrogen-bond acceptors (Lipinski definition) is 2. The predicted octanol–water partition coefficient (Wildman–Crippen LogP) is 2.73. The van der Waals surface area contributed by atoms with Crippen LogP contribution in [0.4, 0.5) is 0 Å². The molecule has 1 N–H and O–H groups in total. The van der Waals surface area contributed by atoms with Gasteiger partial charge in [-0.1, -0.05) is 17.5 Å². The van der Waals surface area contributed by atoms with Gasteiger partial charge in [-0.2, -0.15) is 0 Å². The third kappa shape index (κ3) is 2.61. The molecule has 0 aromatic rings. The van der Waals surface area contributed by atoms with E-state index < -0.39 is 0 Å². The van der Waals surface area contributed by atoms with Gasteiger partial charge in [0.25, 0.3) is 0 Å². The molecule has 3 nitrogen and oxygen atoms in total. The van der Waals surface area contributed by atoms with Gasteiger partial charge in [0.2, 0.25) is 0 Å². The van der Waals surface area contributed by atoms with Crippen LogP contribution in [0.15, 0.2) is 25.5 Å². The fourth-order valence-corrected chi connectivity index (χ4v) is 2.42. The van der Waals surface area contributed by atoms with Crippen LogP contribution in [0.5, 0.6) is 0 Å². The standard InChI is InChI=1S/C10H9ClIN3/c1-3-5-15-6-7(12)8(10(15)13)9(11)14-4-2/h1,4,6,13H,5H2,2H3/b9-8-,13-10?,14-4+. The summed E-state index contributed by atoms with van der Waals surface area (Å²) in [4.78, 5) is 5.61. The number of rotatable bonds is 2. The van der Waals surface area contributed by atoms with Crippen LogP contribution in [-0.4, -0.2) is 23.5 Å². The van der Waals surface area contributed by atoms with E-state index in [-0.39, 0.29) is 0 Å². The van der Waals surface area contributed by atoms with Gasteiger partial charge >= 0.3 is 0 Å². The largest absolute Gasteiger partial charge is 0.320 e. The van der Waals surface area contributed by atoms with E-state index in [9.17, 15) is 0 Å². The SMILES string of the molecule is C#CCN1C=C(I)/C(=C(Cl)/N=C/C)C1=N. The lowest BCUT2D eigenvalue weighted by Crippen LogP contribution is -2.21. The first-order valence-electron chi connectivity index (χ1n) is 4.17. The maximum absolute atomic E-state index is 7.86. The van der Waals surface area contributed by atoms with Crippen molar-refractivity contribution in [1.29, 1.82) is 5.41 Å². The molecule has 0 saturated carbocycles. The number of hydrogen-bond donors (Lipinski definition) is 1. The maximum atomic E-state index is 7.86. The van der Waals surface area contributed by atoms with Crippen molar-refractivity contribution in [3.05, 3.63) is 20.5 Å². The zero-order chi connectivity index (χ0) is 11.4. The summed E-state index contributed by atoms with van der Waals surface area (Å²) in [7, 11) is 0. The van der Waals surface area contributed by atoms with E-state index in [0.29, 0.717) is 23.1 Å². The van der Waals surface area contributed by atoms with Gasteiger partial charge in [-0.05, 0) is 29.5 Å². The molecule has 1 aliphatic rings. The Balaban J connectivity index is 3.07. The summed E-state index contributed by atoms with van der Waals surface area (Å²) in [5, 5.41) is 8.18. The number of nitrogens with zero attached hydrogens (tertiary/aromatic N) is 2. The summed E-state index contributed by atoms with van der Waals surface area (Å²) < 4.78 is 0.878. The molecule has 0 saturated heterocycles. The minimum absolute atomic E-state index is 0.299. The molecule has 1 heterocycles. The molecule has 0 spiro atoms. The van der Waals surface area contributed by atoms with Crippen molar-refractivity contribution in [3.8, 4) is 12.3 Å². The quantitative estimate of drug-likeness (QED) is 0.359. The lowest BCUT2D eigenvalue weighted by molar-refractivity contribution is 0.642. The number of terminal acetylenes is 1. The van der Waals surface area contributed by atoms with Crippen LogP contribution < -0.4 is 0 Å². The molecule has 15 heavy (non-hydrogen) atoms. The van der Waals surface area contributed by atoms with E-state index in [4.69, 9.17) is 23.4 Å². The Labute approximate surface area is 108 Å². The van der Waals surface area contributed by atoms with Gasteiger partial charge < -0.3 is 4.90 Å². The van der Waals surface area contributed by atoms with Crippen molar-refractivity contribution in [2.75, 3.05) is 6.54 Å². The Morgan fingerprint density at radius 2 is 2.53 bits per heavy atom. The zero-order valence-electron chi connectivity index (χ0n) is 8.09. The topological polar surface area (TPSA) is 39.5 Å². The maximum Gasteiger partial charge on any atom is 0.140 e. The Bertz CT molecular complexity index is 415. The first-order valence-corrected chi connectivity index (χ1v) is 5.62. The molecule has 0 aromatic carbocycles. The third-order valence-electron chi connectivity index (χ3n) is 1.74. The Kier molecular flexibility index (Phi) is 4.36. The second-order valence-corrected chi connectivity index (χ2v) is 4.23. The molecule has 0 amide bonds. The highest BCUT2D eigenvalue weighted by molar-refractivity contribution is 14.1. The Hall–Kier alpha value is -0.800. The number of amidine groups is 1. The highest BCUT2D eigenvalue weighted by Gasteiger charge is 2.25. The van der Waals surface area contributed by atoms with E-state index in [2.05, 4.69) is 33.5 Å². The lowest BCUT2D eigenvalue weighted by atomic mass is 10.3. The van der Waals surface area contributed by atoms with Gasteiger partial charge in [0.1, 0.15) is 11.0 Å². The molecule has 0 bridgehead atoms.